The van der Waals surface area contributed by atoms with E-state index in [1.165, 1.54) is 23.9 Å². The first-order valence-electron chi connectivity index (χ1n) is 5.60. The molecule has 2 N–H and O–H groups in total. The van der Waals surface area contributed by atoms with Crippen LogP contribution < -0.4 is 10.5 Å². The molecule has 19 heavy (non-hydrogen) atoms. The Bertz CT molecular complexity index is 592. The number of nitrogen functional groups attached to an aromatic ring is 1. The molecule has 2 aromatic rings. The molecular formula is C14H13ClFNOS. The summed E-state index contributed by atoms with van der Waals surface area (Å²) in [6.45, 7) is 0. The van der Waals surface area contributed by atoms with Crippen molar-refractivity contribution >= 4 is 29.1 Å². The predicted molar refractivity (Wildman–Crippen MR) is 78.4 cm³/mol. The summed E-state index contributed by atoms with van der Waals surface area (Å²) in [6.07, 6.45) is 0. The van der Waals surface area contributed by atoms with Crippen LogP contribution in [0.15, 0.2) is 41.3 Å². The fraction of sp³-hybridized carbons (Fsp3) is 0.143. The van der Waals surface area contributed by atoms with Gasteiger partial charge in [-0.2, -0.15) is 0 Å². The van der Waals surface area contributed by atoms with E-state index in [1.807, 2.05) is 6.07 Å². The quantitative estimate of drug-likeness (QED) is 0.672. The van der Waals surface area contributed by atoms with Crippen molar-refractivity contribution in [1.29, 1.82) is 0 Å². The minimum absolute atomic E-state index is 0.288. The van der Waals surface area contributed by atoms with E-state index < -0.39 is 0 Å². The molecule has 0 fully saturated rings. The summed E-state index contributed by atoms with van der Waals surface area (Å²) in [6, 6.07) is 9.80. The third-order valence-electron chi connectivity index (χ3n) is 2.58. The van der Waals surface area contributed by atoms with Gasteiger partial charge in [0.1, 0.15) is 11.6 Å². The van der Waals surface area contributed by atoms with Gasteiger partial charge in [0.15, 0.2) is 0 Å². The number of anilines is 1. The molecule has 0 bridgehead atoms. The molecule has 0 aromatic heterocycles. The Morgan fingerprint density at radius 3 is 2.79 bits per heavy atom. The summed E-state index contributed by atoms with van der Waals surface area (Å²) in [5.74, 6) is 0.985. The Kier molecular flexibility index (Phi) is 4.56. The molecule has 0 unspecified atom stereocenters. The number of ether oxygens (including phenoxy) is 1. The molecule has 0 saturated heterocycles. The van der Waals surface area contributed by atoms with Crippen LogP contribution in [-0.4, -0.2) is 7.11 Å². The van der Waals surface area contributed by atoms with E-state index in [0.29, 0.717) is 22.2 Å². The highest BCUT2D eigenvalue weighted by Gasteiger charge is 2.07. The van der Waals surface area contributed by atoms with Crippen LogP contribution in [0, 0.1) is 5.82 Å². The van der Waals surface area contributed by atoms with Crippen LogP contribution in [0.1, 0.15) is 5.56 Å². The standard InChI is InChI=1S/C14H13ClFNOS/c1-18-13-7-11(17)3-5-14(13)19-8-9-6-10(16)2-4-12(9)15/h2-7H,8,17H2,1H3. The number of hydrogen-bond donors (Lipinski definition) is 1. The second-order valence-electron chi connectivity index (χ2n) is 3.93. The summed E-state index contributed by atoms with van der Waals surface area (Å²) >= 11 is 7.55. The molecule has 5 heteroatoms. The molecule has 2 nitrogen and oxygen atoms in total. The normalized spacial score (nSPS) is 10.5. The summed E-state index contributed by atoms with van der Waals surface area (Å²) < 4.78 is 18.4. The molecular weight excluding hydrogens is 285 g/mol. The first-order valence-corrected chi connectivity index (χ1v) is 6.96. The molecule has 0 saturated carbocycles. The fourth-order valence-electron chi connectivity index (χ4n) is 1.61. The van der Waals surface area contributed by atoms with Gasteiger partial charge < -0.3 is 10.5 Å². The number of methoxy groups -OCH3 is 1. The number of nitrogens with two attached hydrogens (primary N) is 1. The van der Waals surface area contributed by atoms with Gasteiger partial charge in [-0.05, 0) is 35.9 Å². The van der Waals surface area contributed by atoms with Crippen molar-refractivity contribution in [3.8, 4) is 5.75 Å². The Balaban J connectivity index is 2.16. The van der Waals surface area contributed by atoms with Crippen molar-refractivity contribution in [2.75, 3.05) is 12.8 Å². The monoisotopic (exact) mass is 297 g/mol. The predicted octanol–water partition coefficient (Wildman–Crippen LogP) is 4.36. The second kappa shape index (κ2) is 6.17. The van der Waals surface area contributed by atoms with Crippen LogP contribution in [0.5, 0.6) is 5.75 Å². The molecule has 2 aromatic carbocycles. The van der Waals surface area contributed by atoms with E-state index in [4.69, 9.17) is 22.1 Å². The van der Waals surface area contributed by atoms with Gasteiger partial charge in [-0.15, -0.1) is 11.8 Å². The van der Waals surface area contributed by atoms with Crippen LogP contribution in [0.4, 0.5) is 10.1 Å². The maximum Gasteiger partial charge on any atom is 0.134 e. The lowest BCUT2D eigenvalue weighted by Gasteiger charge is -2.09. The van der Waals surface area contributed by atoms with Crippen LogP contribution in [0.3, 0.4) is 0 Å². The minimum Gasteiger partial charge on any atom is -0.496 e. The second-order valence-corrected chi connectivity index (χ2v) is 5.36. The van der Waals surface area contributed by atoms with Gasteiger partial charge in [-0.1, -0.05) is 11.6 Å². The lowest BCUT2D eigenvalue weighted by Crippen LogP contribution is -1.91. The fourth-order valence-corrected chi connectivity index (χ4v) is 2.88. The SMILES string of the molecule is COc1cc(N)ccc1SCc1cc(F)ccc1Cl. The third-order valence-corrected chi connectivity index (χ3v) is 4.05. The average Bonchev–Trinajstić information content (AvgIpc) is 2.40. The van der Waals surface area contributed by atoms with E-state index in [9.17, 15) is 4.39 Å². The van der Waals surface area contributed by atoms with E-state index in [-0.39, 0.29) is 5.82 Å². The van der Waals surface area contributed by atoms with E-state index in [2.05, 4.69) is 0 Å². The van der Waals surface area contributed by atoms with Gasteiger partial charge in [0, 0.05) is 27.4 Å². The number of thioether (sulfide) groups is 1. The maximum absolute atomic E-state index is 13.2. The van der Waals surface area contributed by atoms with E-state index >= 15 is 0 Å². The molecule has 100 valence electrons. The Hall–Kier alpha value is -1.39. The van der Waals surface area contributed by atoms with Gasteiger partial charge in [0.2, 0.25) is 0 Å². The zero-order valence-electron chi connectivity index (χ0n) is 10.3. The lowest BCUT2D eigenvalue weighted by molar-refractivity contribution is 0.405. The molecule has 0 amide bonds. The van der Waals surface area contributed by atoms with Crippen molar-refractivity contribution in [3.05, 3.63) is 52.8 Å². The largest absolute Gasteiger partial charge is 0.496 e. The Morgan fingerprint density at radius 2 is 2.05 bits per heavy atom. The van der Waals surface area contributed by atoms with Gasteiger partial charge in [-0.25, -0.2) is 4.39 Å². The van der Waals surface area contributed by atoms with E-state index in [1.54, 1.807) is 25.3 Å². The third kappa shape index (κ3) is 3.55. The van der Waals surface area contributed by atoms with Gasteiger partial charge in [0.05, 0.1) is 7.11 Å². The first kappa shape index (κ1) is 14.0. The Morgan fingerprint density at radius 1 is 1.26 bits per heavy atom. The average molecular weight is 298 g/mol. The smallest absolute Gasteiger partial charge is 0.134 e. The summed E-state index contributed by atoms with van der Waals surface area (Å²) in [7, 11) is 1.59. The summed E-state index contributed by atoms with van der Waals surface area (Å²) in [4.78, 5) is 0.942. The number of benzene rings is 2. The summed E-state index contributed by atoms with van der Waals surface area (Å²) in [5.41, 5.74) is 7.09. The zero-order valence-corrected chi connectivity index (χ0v) is 11.9. The first-order chi connectivity index (χ1) is 9.10. The number of rotatable bonds is 4. The van der Waals surface area contributed by atoms with Crippen LogP contribution >= 0.6 is 23.4 Å². The minimum atomic E-state index is -0.288. The van der Waals surface area contributed by atoms with Crippen LogP contribution in [-0.2, 0) is 5.75 Å². The summed E-state index contributed by atoms with van der Waals surface area (Å²) in [5, 5.41) is 0.559. The number of halogens is 2. The molecule has 0 radical (unpaired) electrons. The molecule has 0 atom stereocenters. The highest BCUT2D eigenvalue weighted by atomic mass is 35.5. The van der Waals surface area contributed by atoms with Crippen molar-refractivity contribution in [2.24, 2.45) is 0 Å². The zero-order chi connectivity index (χ0) is 13.8. The number of hydrogen-bond acceptors (Lipinski definition) is 3. The highest BCUT2D eigenvalue weighted by Crippen LogP contribution is 2.34. The molecule has 2 rings (SSSR count). The van der Waals surface area contributed by atoms with Crippen molar-refractivity contribution in [3.63, 3.8) is 0 Å². The Labute approximate surface area is 120 Å². The highest BCUT2D eigenvalue weighted by molar-refractivity contribution is 7.98. The maximum atomic E-state index is 13.2. The lowest BCUT2D eigenvalue weighted by atomic mass is 10.2. The topological polar surface area (TPSA) is 35.2 Å². The molecule has 0 aliphatic carbocycles. The van der Waals surface area contributed by atoms with Crippen LogP contribution in [0.25, 0.3) is 0 Å². The van der Waals surface area contributed by atoms with E-state index in [0.717, 1.165) is 10.5 Å². The van der Waals surface area contributed by atoms with Crippen molar-refractivity contribution < 1.29 is 9.13 Å². The van der Waals surface area contributed by atoms with Gasteiger partial charge in [-0.3, -0.25) is 0 Å². The molecule has 0 spiro atoms. The van der Waals surface area contributed by atoms with Gasteiger partial charge in [0.25, 0.3) is 0 Å². The van der Waals surface area contributed by atoms with Crippen molar-refractivity contribution in [2.45, 2.75) is 10.6 Å². The molecule has 0 aliphatic rings. The van der Waals surface area contributed by atoms with Gasteiger partial charge >= 0.3 is 0 Å². The van der Waals surface area contributed by atoms with Crippen LogP contribution in [0.2, 0.25) is 5.02 Å². The molecule has 0 heterocycles. The van der Waals surface area contributed by atoms with Crippen molar-refractivity contribution in [1.82, 2.24) is 0 Å². The molecule has 0 aliphatic heterocycles.